The zero-order chi connectivity index (χ0) is 17.6. The molecule has 3 aliphatic heterocycles. The maximum atomic E-state index is 13.3. The summed E-state index contributed by atoms with van der Waals surface area (Å²) in [5.41, 5.74) is 6.63. The van der Waals surface area contributed by atoms with Crippen LogP contribution in [0.3, 0.4) is 0 Å². The molecule has 0 spiro atoms. The van der Waals surface area contributed by atoms with E-state index in [1.807, 2.05) is 4.90 Å². The number of likely N-dealkylation sites (tertiary alicyclic amines) is 1. The van der Waals surface area contributed by atoms with E-state index in [2.05, 4.69) is 0 Å². The van der Waals surface area contributed by atoms with Gasteiger partial charge in [0.25, 0.3) is 0 Å². The molecule has 0 bridgehead atoms. The van der Waals surface area contributed by atoms with Gasteiger partial charge in [0, 0.05) is 25.3 Å². The Bertz CT molecular complexity index is 698. The number of hydrogen-bond donors (Lipinski definition) is 1. The number of carbonyl (C=O) groups excluding carboxylic acids is 2. The lowest BCUT2D eigenvalue weighted by molar-refractivity contribution is -0.143. The van der Waals surface area contributed by atoms with Crippen LogP contribution in [0.2, 0.25) is 0 Å². The molecule has 3 heterocycles. The van der Waals surface area contributed by atoms with Crippen molar-refractivity contribution in [3.05, 3.63) is 35.6 Å². The summed E-state index contributed by atoms with van der Waals surface area (Å²) in [4.78, 5) is 28.7. The predicted octanol–water partition coefficient (Wildman–Crippen LogP) is 1.52. The van der Waals surface area contributed by atoms with Crippen molar-refractivity contribution in [3.8, 4) is 0 Å². The first kappa shape index (κ1) is 16.8. The molecule has 4 rings (SSSR count). The van der Waals surface area contributed by atoms with E-state index in [0.717, 1.165) is 12.0 Å². The summed E-state index contributed by atoms with van der Waals surface area (Å²) in [7, 11) is 0. The van der Waals surface area contributed by atoms with Crippen LogP contribution in [0.25, 0.3) is 0 Å². The summed E-state index contributed by atoms with van der Waals surface area (Å²) in [6.45, 7) is 1.99. The molecule has 3 saturated heterocycles. The van der Waals surface area contributed by atoms with Crippen LogP contribution in [-0.4, -0.2) is 53.0 Å². The molecule has 1 aromatic carbocycles. The van der Waals surface area contributed by atoms with Crippen LogP contribution in [0, 0.1) is 11.7 Å². The highest BCUT2D eigenvalue weighted by Crippen LogP contribution is 2.54. The number of thioether (sulfide) groups is 1. The lowest BCUT2D eigenvalue weighted by Gasteiger charge is -2.35. The van der Waals surface area contributed by atoms with Gasteiger partial charge in [-0.15, -0.1) is 11.8 Å². The maximum absolute atomic E-state index is 13.3. The minimum atomic E-state index is -0.530. The first-order valence-corrected chi connectivity index (χ1v) is 9.75. The van der Waals surface area contributed by atoms with Crippen molar-refractivity contribution < 1.29 is 14.0 Å². The fourth-order valence-corrected chi connectivity index (χ4v) is 5.91. The van der Waals surface area contributed by atoms with Gasteiger partial charge in [-0.05, 0) is 43.0 Å². The van der Waals surface area contributed by atoms with E-state index in [9.17, 15) is 14.0 Å². The number of halogens is 1. The van der Waals surface area contributed by atoms with Crippen molar-refractivity contribution >= 4 is 23.6 Å². The standard InChI is InChI=1S/C18H22FN3O2S/c19-14-3-1-13(2-4-14)18-7-5-16(23)22(18)15(11-25-18)17(24)21-8-6-12(9-20)10-21/h1-4,12,15H,5-11,20H2. The largest absolute Gasteiger partial charge is 0.341 e. The fraction of sp³-hybridized carbons (Fsp3) is 0.556. The average Bonchev–Trinajstić information content (AvgIpc) is 3.31. The number of nitrogens with zero attached hydrogens (tertiary/aromatic N) is 2. The Hall–Kier alpha value is -1.60. The van der Waals surface area contributed by atoms with Gasteiger partial charge >= 0.3 is 0 Å². The van der Waals surface area contributed by atoms with Crippen molar-refractivity contribution in [1.29, 1.82) is 0 Å². The molecule has 7 heteroatoms. The molecule has 0 aliphatic carbocycles. The SMILES string of the molecule is NCC1CCN(C(=O)C2CSC3(c4ccc(F)cc4)CCC(=O)N23)C1. The molecule has 3 atom stereocenters. The Kier molecular flexibility index (Phi) is 4.24. The second-order valence-corrected chi connectivity index (χ2v) is 8.35. The van der Waals surface area contributed by atoms with Crippen LogP contribution in [0.15, 0.2) is 24.3 Å². The minimum absolute atomic E-state index is 0.0160. The van der Waals surface area contributed by atoms with E-state index in [4.69, 9.17) is 5.73 Å². The van der Waals surface area contributed by atoms with Crippen LogP contribution >= 0.6 is 11.8 Å². The molecular weight excluding hydrogens is 341 g/mol. The van der Waals surface area contributed by atoms with Crippen LogP contribution in [0.1, 0.15) is 24.8 Å². The number of rotatable bonds is 3. The molecule has 134 valence electrons. The number of amides is 2. The summed E-state index contributed by atoms with van der Waals surface area (Å²) in [5, 5.41) is 0. The van der Waals surface area contributed by atoms with Crippen molar-refractivity contribution in [3.63, 3.8) is 0 Å². The van der Waals surface area contributed by atoms with E-state index < -0.39 is 10.9 Å². The van der Waals surface area contributed by atoms with Gasteiger partial charge in [0.2, 0.25) is 11.8 Å². The van der Waals surface area contributed by atoms with Gasteiger partial charge in [0.15, 0.2) is 0 Å². The Morgan fingerprint density at radius 3 is 2.80 bits per heavy atom. The van der Waals surface area contributed by atoms with Gasteiger partial charge in [-0.3, -0.25) is 9.59 Å². The molecule has 0 saturated carbocycles. The third kappa shape index (κ3) is 2.64. The smallest absolute Gasteiger partial charge is 0.246 e. The minimum Gasteiger partial charge on any atom is -0.341 e. The molecule has 2 amide bonds. The highest BCUT2D eigenvalue weighted by Gasteiger charge is 2.57. The normalized spacial score (nSPS) is 31.7. The van der Waals surface area contributed by atoms with Gasteiger partial charge in [0.05, 0.1) is 0 Å². The van der Waals surface area contributed by atoms with Gasteiger partial charge in [0.1, 0.15) is 16.7 Å². The van der Waals surface area contributed by atoms with Crippen LogP contribution in [0.5, 0.6) is 0 Å². The Morgan fingerprint density at radius 1 is 1.36 bits per heavy atom. The summed E-state index contributed by atoms with van der Waals surface area (Å²) in [6.07, 6.45) is 2.02. The zero-order valence-corrected chi connectivity index (χ0v) is 14.8. The van der Waals surface area contributed by atoms with Crippen molar-refractivity contribution in [2.24, 2.45) is 11.7 Å². The van der Waals surface area contributed by atoms with Crippen molar-refractivity contribution in [1.82, 2.24) is 9.80 Å². The summed E-state index contributed by atoms with van der Waals surface area (Å²) >= 11 is 1.64. The quantitative estimate of drug-likeness (QED) is 0.884. The van der Waals surface area contributed by atoms with Gasteiger partial charge in [-0.1, -0.05) is 12.1 Å². The van der Waals surface area contributed by atoms with Crippen LogP contribution in [0.4, 0.5) is 4.39 Å². The van der Waals surface area contributed by atoms with E-state index in [1.54, 1.807) is 28.8 Å². The van der Waals surface area contributed by atoms with Gasteiger partial charge in [-0.2, -0.15) is 0 Å². The first-order chi connectivity index (χ1) is 12.0. The number of hydrogen-bond acceptors (Lipinski definition) is 4. The van der Waals surface area contributed by atoms with Crippen LogP contribution in [-0.2, 0) is 14.5 Å². The van der Waals surface area contributed by atoms with E-state index in [-0.39, 0.29) is 17.6 Å². The topological polar surface area (TPSA) is 66.6 Å². The first-order valence-electron chi connectivity index (χ1n) is 8.76. The fourth-order valence-electron chi connectivity index (χ4n) is 4.27. The molecule has 25 heavy (non-hydrogen) atoms. The molecular formula is C18H22FN3O2S. The molecule has 1 aromatic rings. The molecule has 3 unspecified atom stereocenters. The number of carbonyl (C=O) groups is 2. The third-order valence-electron chi connectivity index (χ3n) is 5.64. The second kappa shape index (κ2) is 6.29. The molecule has 2 N–H and O–H groups in total. The maximum Gasteiger partial charge on any atom is 0.246 e. The lowest BCUT2D eigenvalue weighted by Crippen LogP contribution is -2.50. The summed E-state index contributed by atoms with van der Waals surface area (Å²) < 4.78 is 13.3. The molecule has 0 aromatic heterocycles. The molecule has 3 fully saturated rings. The second-order valence-electron chi connectivity index (χ2n) is 7.06. The van der Waals surface area contributed by atoms with E-state index in [1.165, 1.54) is 12.1 Å². The molecule has 5 nitrogen and oxygen atoms in total. The highest BCUT2D eigenvalue weighted by atomic mass is 32.2. The highest BCUT2D eigenvalue weighted by molar-refractivity contribution is 8.00. The Morgan fingerprint density at radius 2 is 2.12 bits per heavy atom. The van der Waals surface area contributed by atoms with E-state index in [0.29, 0.717) is 44.1 Å². The number of nitrogens with two attached hydrogens (primary N) is 1. The van der Waals surface area contributed by atoms with Crippen molar-refractivity contribution in [2.45, 2.75) is 30.2 Å². The number of benzene rings is 1. The number of fused-ring (bicyclic) bond motifs is 1. The summed E-state index contributed by atoms with van der Waals surface area (Å²) in [5.74, 6) is 0.696. The zero-order valence-electron chi connectivity index (χ0n) is 14.0. The third-order valence-corrected chi connectivity index (χ3v) is 7.23. The Labute approximate surface area is 150 Å². The Balaban J connectivity index is 1.61. The van der Waals surface area contributed by atoms with Gasteiger partial charge < -0.3 is 15.5 Å². The van der Waals surface area contributed by atoms with Crippen molar-refractivity contribution in [2.75, 3.05) is 25.4 Å². The van der Waals surface area contributed by atoms with Crippen LogP contribution < -0.4 is 5.73 Å². The monoisotopic (exact) mass is 363 g/mol. The molecule has 0 radical (unpaired) electrons. The molecule has 3 aliphatic rings. The lowest BCUT2D eigenvalue weighted by atomic mass is 10.0. The van der Waals surface area contributed by atoms with E-state index >= 15 is 0 Å². The average molecular weight is 363 g/mol. The van der Waals surface area contributed by atoms with Gasteiger partial charge in [-0.25, -0.2) is 4.39 Å². The predicted molar refractivity (Wildman–Crippen MR) is 94.1 cm³/mol. The summed E-state index contributed by atoms with van der Waals surface area (Å²) in [6, 6.07) is 5.89.